The van der Waals surface area contributed by atoms with Crippen molar-refractivity contribution in [2.75, 3.05) is 0 Å². The lowest BCUT2D eigenvalue weighted by molar-refractivity contribution is -0.385. The van der Waals surface area contributed by atoms with E-state index in [4.69, 9.17) is 5.11 Å². The van der Waals surface area contributed by atoms with Crippen LogP contribution in [0, 0.1) is 17.0 Å². The normalized spacial score (nSPS) is 11.9. The van der Waals surface area contributed by atoms with E-state index in [0.717, 1.165) is 4.68 Å². The SMILES string of the molecule is CCC(NC(=O)c1c([N+](=O)[O-])c(C)nn1C)C(=O)O. The van der Waals surface area contributed by atoms with Crippen molar-refractivity contribution in [2.24, 2.45) is 7.05 Å². The maximum absolute atomic E-state index is 11.9. The van der Waals surface area contributed by atoms with Crippen LogP contribution in [0.5, 0.6) is 0 Å². The first-order valence-electron chi connectivity index (χ1n) is 5.51. The van der Waals surface area contributed by atoms with Crippen molar-refractivity contribution in [3.63, 3.8) is 0 Å². The van der Waals surface area contributed by atoms with Crippen LogP contribution >= 0.6 is 0 Å². The number of carbonyl (C=O) groups excluding carboxylic acids is 1. The second-order valence-corrected chi connectivity index (χ2v) is 3.94. The third kappa shape index (κ3) is 2.87. The summed E-state index contributed by atoms with van der Waals surface area (Å²) in [7, 11) is 1.39. The molecule has 19 heavy (non-hydrogen) atoms. The average molecular weight is 270 g/mol. The Morgan fingerprint density at radius 3 is 2.58 bits per heavy atom. The summed E-state index contributed by atoms with van der Waals surface area (Å²) in [5.74, 6) is -2.03. The van der Waals surface area contributed by atoms with Crippen LogP contribution in [-0.2, 0) is 11.8 Å². The van der Waals surface area contributed by atoms with E-state index in [0.29, 0.717) is 0 Å². The number of hydrogen-bond acceptors (Lipinski definition) is 5. The van der Waals surface area contributed by atoms with Gasteiger partial charge < -0.3 is 10.4 Å². The van der Waals surface area contributed by atoms with Gasteiger partial charge in [-0.3, -0.25) is 19.6 Å². The molecular formula is C10H14N4O5. The van der Waals surface area contributed by atoms with Crippen molar-refractivity contribution in [3.05, 3.63) is 21.5 Å². The van der Waals surface area contributed by atoms with Gasteiger partial charge in [-0.05, 0) is 13.3 Å². The van der Waals surface area contributed by atoms with Gasteiger partial charge in [0.25, 0.3) is 5.91 Å². The summed E-state index contributed by atoms with van der Waals surface area (Å²) in [6.07, 6.45) is 0.172. The molecule has 9 heteroatoms. The number of rotatable bonds is 5. The molecule has 0 fully saturated rings. The fraction of sp³-hybridized carbons (Fsp3) is 0.500. The number of aromatic nitrogens is 2. The Morgan fingerprint density at radius 1 is 1.58 bits per heavy atom. The molecule has 0 radical (unpaired) electrons. The number of aliphatic carboxylic acids is 1. The molecule has 0 bridgehead atoms. The molecule has 0 saturated carbocycles. The molecule has 104 valence electrons. The molecule has 0 spiro atoms. The van der Waals surface area contributed by atoms with Gasteiger partial charge in [0.15, 0.2) is 0 Å². The Morgan fingerprint density at radius 2 is 2.16 bits per heavy atom. The van der Waals surface area contributed by atoms with Crippen LogP contribution in [0.1, 0.15) is 29.5 Å². The van der Waals surface area contributed by atoms with E-state index in [-0.39, 0.29) is 17.8 Å². The predicted molar refractivity (Wildman–Crippen MR) is 63.8 cm³/mol. The monoisotopic (exact) mass is 270 g/mol. The number of aryl methyl sites for hydroxylation is 2. The zero-order valence-corrected chi connectivity index (χ0v) is 10.7. The van der Waals surface area contributed by atoms with E-state index in [1.54, 1.807) is 6.92 Å². The predicted octanol–water partition coefficient (Wildman–Crippen LogP) is 0.230. The Kier molecular flexibility index (Phi) is 4.20. The number of nitro groups is 1. The Labute approximate surface area is 108 Å². The number of carboxylic acids is 1. The molecule has 1 unspecified atom stereocenters. The van der Waals surface area contributed by atoms with Crippen LogP contribution in [0.15, 0.2) is 0 Å². The van der Waals surface area contributed by atoms with Gasteiger partial charge in [-0.2, -0.15) is 5.10 Å². The maximum Gasteiger partial charge on any atom is 0.326 e. The lowest BCUT2D eigenvalue weighted by Gasteiger charge is -2.11. The second-order valence-electron chi connectivity index (χ2n) is 3.94. The third-order valence-electron chi connectivity index (χ3n) is 2.60. The second kappa shape index (κ2) is 5.46. The van der Waals surface area contributed by atoms with Gasteiger partial charge in [0, 0.05) is 7.05 Å². The summed E-state index contributed by atoms with van der Waals surface area (Å²) in [6.45, 7) is 2.99. The highest BCUT2D eigenvalue weighted by Crippen LogP contribution is 2.22. The van der Waals surface area contributed by atoms with Gasteiger partial charge in [-0.15, -0.1) is 0 Å². The molecule has 1 atom stereocenters. The molecule has 9 nitrogen and oxygen atoms in total. The maximum atomic E-state index is 11.9. The van der Waals surface area contributed by atoms with Crippen LogP contribution in [0.25, 0.3) is 0 Å². The lowest BCUT2D eigenvalue weighted by atomic mass is 10.2. The van der Waals surface area contributed by atoms with Gasteiger partial charge in [-0.25, -0.2) is 4.79 Å². The van der Waals surface area contributed by atoms with Gasteiger partial charge in [0.2, 0.25) is 5.69 Å². The lowest BCUT2D eigenvalue weighted by Crippen LogP contribution is -2.41. The van der Waals surface area contributed by atoms with E-state index in [1.807, 2.05) is 0 Å². The summed E-state index contributed by atoms with van der Waals surface area (Å²) in [4.78, 5) is 33.0. The molecule has 1 rings (SSSR count). The minimum absolute atomic E-state index is 0.0982. The average Bonchev–Trinajstić information content (AvgIpc) is 2.60. The largest absolute Gasteiger partial charge is 0.480 e. The quantitative estimate of drug-likeness (QED) is 0.582. The highest BCUT2D eigenvalue weighted by Gasteiger charge is 2.31. The van der Waals surface area contributed by atoms with Crippen molar-refractivity contribution in [1.29, 1.82) is 0 Å². The number of hydrogen-bond donors (Lipinski definition) is 2. The van der Waals surface area contributed by atoms with Gasteiger partial charge >= 0.3 is 11.7 Å². The molecule has 2 N–H and O–H groups in total. The van der Waals surface area contributed by atoms with Crippen molar-refractivity contribution < 1.29 is 19.6 Å². The smallest absolute Gasteiger partial charge is 0.326 e. The Hall–Kier alpha value is -2.45. The van der Waals surface area contributed by atoms with Crippen LogP contribution in [0.3, 0.4) is 0 Å². The first kappa shape index (κ1) is 14.6. The minimum Gasteiger partial charge on any atom is -0.480 e. The number of carboxylic acid groups (broad SMARTS) is 1. The molecule has 0 aromatic carbocycles. The standard InChI is InChI=1S/C10H14N4O5/c1-4-6(10(16)17)11-9(15)8-7(14(18)19)5(2)12-13(8)3/h6H,4H2,1-3H3,(H,11,15)(H,16,17). The summed E-state index contributed by atoms with van der Waals surface area (Å²) >= 11 is 0. The van der Waals surface area contributed by atoms with Gasteiger partial charge in [0.05, 0.1) is 4.92 Å². The number of nitrogens with zero attached hydrogens (tertiary/aromatic N) is 3. The number of nitrogens with one attached hydrogen (secondary N) is 1. The van der Waals surface area contributed by atoms with Crippen LogP contribution < -0.4 is 5.32 Å². The topological polar surface area (TPSA) is 127 Å². The van der Waals surface area contributed by atoms with Crippen molar-refractivity contribution in [3.8, 4) is 0 Å². The summed E-state index contributed by atoms with van der Waals surface area (Å²) in [5, 5.41) is 25.8. The molecule has 0 aliphatic rings. The van der Waals surface area contributed by atoms with E-state index in [2.05, 4.69) is 10.4 Å². The van der Waals surface area contributed by atoms with E-state index < -0.39 is 28.5 Å². The highest BCUT2D eigenvalue weighted by molar-refractivity contribution is 5.98. The molecule has 0 aliphatic heterocycles. The van der Waals surface area contributed by atoms with Crippen molar-refractivity contribution in [2.45, 2.75) is 26.3 Å². The van der Waals surface area contributed by atoms with Crippen LogP contribution in [-0.4, -0.2) is 37.7 Å². The van der Waals surface area contributed by atoms with Gasteiger partial charge in [-0.1, -0.05) is 6.92 Å². The third-order valence-corrected chi connectivity index (χ3v) is 2.60. The molecule has 0 aliphatic carbocycles. The van der Waals surface area contributed by atoms with E-state index in [9.17, 15) is 19.7 Å². The Bertz CT molecular complexity index is 536. The molecule has 1 aromatic rings. The van der Waals surface area contributed by atoms with E-state index >= 15 is 0 Å². The summed E-state index contributed by atoms with van der Waals surface area (Å²) < 4.78 is 1.07. The highest BCUT2D eigenvalue weighted by atomic mass is 16.6. The Balaban J connectivity index is 3.13. The van der Waals surface area contributed by atoms with Gasteiger partial charge in [0.1, 0.15) is 11.7 Å². The number of amides is 1. The molecule has 0 saturated heterocycles. The van der Waals surface area contributed by atoms with Crippen LogP contribution in [0.4, 0.5) is 5.69 Å². The van der Waals surface area contributed by atoms with Crippen molar-refractivity contribution >= 4 is 17.6 Å². The fourth-order valence-corrected chi connectivity index (χ4v) is 1.69. The summed E-state index contributed by atoms with van der Waals surface area (Å²) in [5.41, 5.74) is -0.580. The fourth-order valence-electron chi connectivity index (χ4n) is 1.69. The molecule has 1 heterocycles. The minimum atomic E-state index is -1.20. The first-order chi connectivity index (χ1) is 8.79. The van der Waals surface area contributed by atoms with E-state index in [1.165, 1.54) is 14.0 Å². The van der Waals surface area contributed by atoms with Crippen LogP contribution in [0.2, 0.25) is 0 Å². The zero-order chi connectivity index (χ0) is 14.7. The molecule has 1 aromatic heterocycles. The number of carbonyl (C=O) groups is 2. The van der Waals surface area contributed by atoms with Crippen molar-refractivity contribution in [1.82, 2.24) is 15.1 Å². The first-order valence-corrected chi connectivity index (χ1v) is 5.51. The molecular weight excluding hydrogens is 256 g/mol. The molecule has 1 amide bonds. The summed E-state index contributed by atoms with van der Waals surface area (Å²) in [6, 6.07) is -1.10. The zero-order valence-electron chi connectivity index (χ0n) is 10.7.